The number of rotatable bonds is 24. The molecule has 0 saturated heterocycles. The first-order valence-electron chi connectivity index (χ1n) is 15.2. The van der Waals surface area contributed by atoms with Gasteiger partial charge >= 0.3 is 0 Å². The van der Waals surface area contributed by atoms with Crippen molar-refractivity contribution in [2.24, 2.45) is 0 Å². The molecule has 0 radical (unpaired) electrons. The average Bonchev–Trinajstić information content (AvgIpc) is 2.83. The van der Waals surface area contributed by atoms with Crippen LogP contribution in [0.2, 0.25) is 0 Å². The summed E-state index contributed by atoms with van der Waals surface area (Å²) in [5.74, 6) is 0. The van der Waals surface area contributed by atoms with Crippen LogP contribution in [0.3, 0.4) is 0 Å². The first-order valence-corrected chi connectivity index (χ1v) is 15.2. The molecule has 0 aliphatic carbocycles. The highest BCUT2D eigenvalue weighted by molar-refractivity contribution is 5.13. The predicted octanol–water partition coefficient (Wildman–Crippen LogP) is 7.48. The van der Waals surface area contributed by atoms with Gasteiger partial charge in [-0.2, -0.15) is 0 Å². The monoisotopic (exact) mass is 585 g/mol. The first-order chi connectivity index (χ1) is 16.3. The van der Waals surface area contributed by atoms with Crippen LogP contribution in [-0.2, 0) is 6.54 Å². The highest BCUT2D eigenvalue weighted by Gasteiger charge is 2.26. The third-order valence-electron chi connectivity index (χ3n) is 7.53. The van der Waals surface area contributed by atoms with E-state index in [0.29, 0.717) is 0 Å². The highest BCUT2D eigenvalue weighted by atomic mass is 127. The van der Waals surface area contributed by atoms with E-state index in [1.165, 1.54) is 158 Å². The van der Waals surface area contributed by atoms with Crippen LogP contribution in [-0.4, -0.2) is 24.1 Å². The molecule has 2 heteroatoms. The highest BCUT2D eigenvalue weighted by Crippen LogP contribution is 2.21. The summed E-state index contributed by atoms with van der Waals surface area (Å²) in [5, 5.41) is 0. The van der Waals surface area contributed by atoms with Crippen molar-refractivity contribution < 1.29 is 28.5 Å². The van der Waals surface area contributed by atoms with Crippen molar-refractivity contribution in [3.63, 3.8) is 0 Å². The summed E-state index contributed by atoms with van der Waals surface area (Å²) < 4.78 is 1.33. The van der Waals surface area contributed by atoms with Crippen LogP contribution in [0.15, 0.2) is 30.3 Å². The second-order valence-electron chi connectivity index (χ2n) is 10.8. The Hall–Kier alpha value is -0.0900. The molecule has 0 spiro atoms. The fourth-order valence-corrected chi connectivity index (χ4v) is 5.53. The molecule has 200 valence electrons. The third-order valence-corrected chi connectivity index (χ3v) is 7.53. The maximum atomic E-state index is 2.39. The summed E-state index contributed by atoms with van der Waals surface area (Å²) in [6.07, 6.45) is 27.1. The second-order valence-corrected chi connectivity index (χ2v) is 10.8. The smallest absolute Gasteiger partial charge is 0.104 e. The topological polar surface area (TPSA) is 0 Å². The summed E-state index contributed by atoms with van der Waals surface area (Å²) in [7, 11) is 0. The van der Waals surface area contributed by atoms with Crippen LogP contribution in [0.1, 0.15) is 148 Å². The van der Waals surface area contributed by atoms with Crippen LogP contribution in [0.25, 0.3) is 0 Å². The van der Waals surface area contributed by atoms with Gasteiger partial charge in [0.15, 0.2) is 0 Å². The molecule has 0 atom stereocenters. The molecule has 0 amide bonds. The number of halogens is 1. The molecule has 0 unspecified atom stereocenters. The molecule has 0 aliphatic heterocycles. The number of benzene rings is 1. The fraction of sp³-hybridized carbons (Fsp3) is 0.812. The van der Waals surface area contributed by atoms with E-state index in [1.807, 2.05) is 0 Å². The Morgan fingerprint density at radius 3 is 1.21 bits per heavy atom. The fourth-order valence-electron chi connectivity index (χ4n) is 5.53. The lowest BCUT2D eigenvalue weighted by Gasteiger charge is -2.39. The van der Waals surface area contributed by atoms with Crippen molar-refractivity contribution in [3.05, 3.63) is 35.9 Å². The quantitative estimate of drug-likeness (QED) is 0.0671. The Balaban J connectivity index is 0.0000109. The summed E-state index contributed by atoms with van der Waals surface area (Å²) in [6, 6.07) is 11.3. The van der Waals surface area contributed by atoms with Gasteiger partial charge in [0.25, 0.3) is 0 Å². The zero-order valence-electron chi connectivity index (χ0n) is 23.5. The van der Waals surface area contributed by atoms with Crippen LogP contribution in [0.5, 0.6) is 0 Å². The molecule has 0 N–H and O–H groups in total. The minimum atomic E-state index is 0. The third kappa shape index (κ3) is 18.2. The van der Waals surface area contributed by atoms with E-state index in [9.17, 15) is 0 Å². The van der Waals surface area contributed by atoms with Crippen LogP contribution < -0.4 is 24.0 Å². The van der Waals surface area contributed by atoms with Gasteiger partial charge in [-0.3, -0.25) is 0 Å². The molecular formula is C32H60IN. The first kappa shape index (κ1) is 33.9. The maximum absolute atomic E-state index is 2.39. The Labute approximate surface area is 232 Å². The molecule has 0 fully saturated rings. The van der Waals surface area contributed by atoms with E-state index in [-0.39, 0.29) is 24.0 Å². The van der Waals surface area contributed by atoms with E-state index in [0.717, 1.165) is 0 Å². The molecule has 0 heterocycles. The van der Waals surface area contributed by atoms with Gasteiger partial charge in [-0.1, -0.05) is 141 Å². The predicted molar refractivity (Wildman–Crippen MR) is 150 cm³/mol. The molecular weight excluding hydrogens is 525 g/mol. The van der Waals surface area contributed by atoms with Crippen molar-refractivity contribution >= 4 is 0 Å². The Morgan fingerprint density at radius 2 is 0.824 bits per heavy atom. The van der Waals surface area contributed by atoms with Gasteiger partial charge in [-0.05, 0) is 32.1 Å². The summed E-state index contributed by atoms with van der Waals surface area (Å²) in [5.41, 5.74) is 1.54. The van der Waals surface area contributed by atoms with Crippen molar-refractivity contribution in [3.8, 4) is 0 Å². The van der Waals surface area contributed by atoms with E-state index < -0.39 is 0 Å². The van der Waals surface area contributed by atoms with Crippen LogP contribution in [0.4, 0.5) is 0 Å². The van der Waals surface area contributed by atoms with Gasteiger partial charge in [0.05, 0.1) is 19.6 Å². The Bertz CT molecular complexity index is 493. The number of hydrogen-bond donors (Lipinski definition) is 0. The Kier molecular flexibility index (Phi) is 24.5. The molecule has 0 bridgehead atoms. The van der Waals surface area contributed by atoms with Gasteiger partial charge in [0.2, 0.25) is 0 Å². The average molecular weight is 586 g/mol. The van der Waals surface area contributed by atoms with E-state index in [4.69, 9.17) is 0 Å². The number of unbranched alkanes of at least 4 members (excludes halogenated alkanes) is 16. The van der Waals surface area contributed by atoms with Crippen molar-refractivity contribution in [2.75, 3.05) is 19.6 Å². The van der Waals surface area contributed by atoms with E-state index in [2.05, 4.69) is 51.1 Å². The van der Waals surface area contributed by atoms with Gasteiger partial charge in [0, 0.05) is 5.56 Å². The zero-order valence-corrected chi connectivity index (χ0v) is 25.6. The lowest BCUT2D eigenvalue weighted by atomic mass is 10.0. The number of hydrogen-bond acceptors (Lipinski definition) is 0. The van der Waals surface area contributed by atoms with Crippen molar-refractivity contribution in [1.82, 2.24) is 0 Å². The minimum Gasteiger partial charge on any atom is -1.00 e. The summed E-state index contributed by atoms with van der Waals surface area (Å²) in [4.78, 5) is 0. The summed E-state index contributed by atoms with van der Waals surface area (Å²) in [6.45, 7) is 12.4. The normalized spacial score (nSPS) is 11.5. The van der Waals surface area contributed by atoms with Crippen molar-refractivity contribution in [1.29, 1.82) is 0 Å². The lowest BCUT2D eigenvalue weighted by Crippen LogP contribution is -3.00. The minimum absolute atomic E-state index is 0. The molecule has 1 aromatic rings. The molecule has 0 aromatic heterocycles. The number of nitrogens with zero attached hydrogens (tertiary/aromatic N) is 1. The van der Waals surface area contributed by atoms with Crippen LogP contribution >= 0.6 is 0 Å². The zero-order chi connectivity index (χ0) is 23.9. The molecule has 0 saturated carbocycles. The Morgan fingerprint density at radius 1 is 0.441 bits per heavy atom. The maximum Gasteiger partial charge on any atom is 0.104 e. The largest absolute Gasteiger partial charge is 1.00 e. The van der Waals surface area contributed by atoms with E-state index >= 15 is 0 Å². The molecule has 1 aromatic carbocycles. The molecule has 1 rings (SSSR count). The molecule has 34 heavy (non-hydrogen) atoms. The second kappa shape index (κ2) is 24.6. The van der Waals surface area contributed by atoms with Crippen molar-refractivity contribution in [2.45, 2.75) is 149 Å². The van der Waals surface area contributed by atoms with E-state index in [1.54, 1.807) is 0 Å². The molecule has 0 aliphatic rings. The number of quaternary nitrogens is 1. The van der Waals surface area contributed by atoms with Gasteiger partial charge in [-0.15, -0.1) is 0 Å². The SMILES string of the molecule is CCCCCCCCCCC[N+](CCC)(CCCCCCCCCCC)Cc1ccccc1.[I-]. The molecule has 1 nitrogen and oxygen atoms in total. The standard InChI is InChI=1S/C32H60N.HI/c1-4-7-9-11-13-15-17-19-24-29-33(28-6-3,31-32-26-22-21-23-27-32)30-25-20-18-16-14-12-10-8-5-2;/h21-23,26-27H,4-20,24-25,28-31H2,1-3H3;1H/q+1;/p-1. The lowest BCUT2D eigenvalue weighted by molar-refractivity contribution is -0.941. The summed E-state index contributed by atoms with van der Waals surface area (Å²) >= 11 is 0. The van der Waals surface area contributed by atoms with Gasteiger partial charge in [-0.25, -0.2) is 0 Å². The van der Waals surface area contributed by atoms with Gasteiger partial charge < -0.3 is 28.5 Å². The van der Waals surface area contributed by atoms with Crippen LogP contribution in [0, 0.1) is 0 Å². The van der Waals surface area contributed by atoms with Gasteiger partial charge in [0.1, 0.15) is 6.54 Å².